The lowest BCUT2D eigenvalue weighted by molar-refractivity contribution is 0.145. The van der Waals surface area contributed by atoms with Gasteiger partial charge in [-0.3, -0.25) is 0 Å². The van der Waals surface area contributed by atoms with Crippen LogP contribution in [0.2, 0.25) is 0 Å². The molecule has 2 N–H and O–H groups in total. The van der Waals surface area contributed by atoms with Crippen molar-refractivity contribution < 1.29 is 9.47 Å². The van der Waals surface area contributed by atoms with Crippen LogP contribution in [0.3, 0.4) is 0 Å². The highest BCUT2D eigenvalue weighted by Gasteiger charge is 2.10. The van der Waals surface area contributed by atoms with E-state index in [-0.39, 0.29) is 0 Å². The van der Waals surface area contributed by atoms with Gasteiger partial charge in [-0.15, -0.1) is 0 Å². The Bertz CT molecular complexity index is 302. The molecule has 90 valence electrons. The molecule has 3 nitrogen and oxygen atoms in total. The standard InChI is InChI=1S/C13H21NO2/c1-11(7-8-14)12-5-3-4-6-13(12)16-10-9-15-2/h3-6,11H,7-10,14H2,1-2H3. The number of hydrogen-bond donors (Lipinski definition) is 1. The van der Waals surface area contributed by atoms with Crippen LogP contribution in [0.4, 0.5) is 0 Å². The Kier molecular flexibility index (Phi) is 5.90. The fourth-order valence-electron chi connectivity index (χ4n) is 1.66. The van der Waals surface area contributed by atoms with Crippen molar-refractivity contribution >= 4 is 0 Å². The molecule has 0 heterocycles. The van der Waals surface area contributed by atoms with Gasteiger partial charge in [0.05, 0.1) is 6.61 Å². The fourth-order valence-corrected chi connectivity index (χ4v) is 1.66. The van der Waals surface area contributed by atoms with Crippen molar-refractivity contribution in [3.63, 3.8) is 0 Å². The predicted molar refractivity (Wildman–Crippen MR) is 65.9 cm³/mol. The lowest BCUT2D eigenvalue weighted by atomic mass is 9.97. The smallest absolute Gasteiger partial charge is 0.122 e. The molecule has 1 unspecified atom stereocenters. The maximum absolute atomic E-state index is 5.68. The fraction of sp³-hybridized carbons (Fsp3) is 0.538. The van der Waals surface area contributed by atoms with E-state index < -0.39 is 0 Å². The van der Waals surface area contributed by atoms with Crippen LogP contribution in [0, 0.1) is 0 Å². The van der Waals surface area contributed by atoms with Crippen LogP contribution in [-0.2, 0) is 4.74 Å². The average molecular weight is 223 g/mol. The lowest BCUT2D eigenvalue weighted by Gasteiger charge is -2.16. The zero-order chi connectivity index (χ0) is 11.8. The molecule has 16 heavy (non-hydrogen) atoms. The molecule has 0 bridgehead atoms. The molecule has 1 aromatic rings. The van der Waals surface area contributed by atoms with Gasteiger partial charge in [-0.2, -0.15) is 0 Å². The van der Waals surface area contributed by atoms with Crippen LogP contribution in [0.15, 0.2) is 24.3 Å². The van der Waals surface area contributed by atoms with Crippen LogP contribution < -0.4 is 10.5 Å². The number of rotatable bonds is 7. The summed E-state index contributed by atoms with van der Waals surface area (Å²) in [6.45, 7) is 4.07. The summed E-state index contributed by atoms with van der Waals surface area (Å²) in [4.78, 5) is 0. The Labute approximate surface area is 97.6 Å². The van der Waals surface area contributed by atoms with E-state index in [1.165, 1.54) is 5.56 Å². The highest BCUT2D eigenvalue weighted by Crippen LogP contribution is 2.28. The molecule has 0 aliphatic heterocycles. The van der Waals surface area contributed by atoms with Crippen LogP contribution >= 0.6 is 0 Å². The van der Waals surface area contributed by atoms with Gasteiger partial charge in [0, 0.05) is 7.11 Å². The normalized spacial score (nSPS) is 12.4. The minimum Gasteiger partial charge on any atom is -0.491 e. The maximum Gasteiger partial charge on any atom is 0.122 e. The van der Waals surface area contributed by atoms with E-state index in [0.29, 0.717) is 25.7 Å². The van der Waals surface area contributed by atoms with Gasteiger partial charge in [0.1, 0.15) is 12.4 Å². The number of para-hydroxylation sites is 1. The van der Waals surface area contributed by atoms with E-state index in [0.717, 1.165) is 12.2 Å². The van der Waals surface area contributed by atoms with E-state index in [4.69, 9.17) is 15.2 Å². The first-order valence-corrected chi connectivity index (χ1v) is 5.70. The van der Waals surface area contributed by atoms with Gasteiger partial charge in [-0.1, -0.05) is 25.1 Å². The second-order valence-electron chi connectivity index (χ2n) is 3.86. The molecule has 0 aliphatic rings. The van der Waals surface area contributed by atoms with Gasteiger partial charge < -0.3 is 15.2 Å². The first kappa shape index (κ1) is 13.0. The Morgan fingerprint density at radius 1 is 1.25 bits per heavy atom. The van der Waals surface area contributed by atoms with Crippen molar-refractivity contribution in [3.8, 4) is 5.75 Å². The summed E-state index contributed by atoms with van der Waals surface area (Å²) in [6.07, 6.45) is 0.977. The summed E-state index contributed by atoms with van der Waals surface area (Å²) >= 11 is 0. The third-order valence-corrected chi connectivity index (χ3v) is 2.59. The van der Waals surface area contributed by atoms with Crippen molar-refractivity contribution in [3.05, 3.63) is 29.8 Å². The molecular weight excluding hydrogens is 202 g/mol. The van der Waals surface area contributed by atoms with Crippen molar-refractivity contribution in [1.29, 1.82) is 0 Å². The van der Waals surface area contributed by atoms with Gasteiger partial charge in [0.15, 0.2) is 0 Å². The van der Waals surface area contributed by atoms with Crippen molar-refractivity contribution in [2.24, 2.45) is 5.73 Å². The summed E-state index contributed by atoms with van der Waals surface area (Å²) in [5.74, 6) is 1.38. The number of hydrogen-bond acceptors (Lipinski definition) is 3. The molecule has 1 aromatic carbocycles. The summed E-state index contributed by atoms with van der Waals surface area (Å²) in [6, 6.07) is 8.12. The number of benzene rings is 1. The number of nitrogens with two attached hydrogens (primary N) is 1. The molecule has 1 atom stereocenters. The largest absolute Gasteiger partial charge is 0.491 e. The molecule has 0 spiro atoms. The monoisotopic (exact) mass is 223 g/mol. The first-order valence-electron chi connectivity index (χ1n) is 5.70. The summed E-state index contributed by atoms with van der Waals surface area (Å²) < 4.78 is 10.6. The molecule has 3 heteroatoms. The summed E-state index contributed by atoms with van der Waals surface area (Å²) in [5, 5.41) is 0. The second kappa shape index (κ2) is 7.25. The molecule has 1 rings (SSSR count). The van der Waals surface area contributed by atoms with Gasteiger partial charge in [-0.25, -0.2) is 0 Å². The quantitative estimate of drug-likeness (QED) is 0.720. The van der Waals surface area contributed by atoms with Crippen LogP contribution in [0.1, 0.15) is 24.8 Å². The van der Waals surface area contributed by atoms with Crippen molar-refractivity contribution in [2.75, 3.05) is 26.9 Å². The molecule has 0 radical (unpaired) electrons. The lowest BCUT2D eigenvalue weighted by Crippen LogP contribution is -2.09. The zero-order valence-corrected chi connectivity index (χ0v) is 10.1. The Balaban J connectivity index is 2.67. The van der Waals surface area contributed by atoms with Gasteiger partial charge in [-0.05, 0) is 30.5 Å². The van der Waals surface area contributed by atoms with Gasteiger partial charge in [0.2, 0.25) is 0 Å². The van der Waals surface area contributed by atoms with Gasteiger partial charge in [0.25, 0.3) is 0 Å². The Morgan fingerprint density at radius 2 is 2.00 bits per heavy atom. The molecule has 0 saturated heterocycles. The summed E-state index contributed by atoms with van der Waals surface area (Å²) in [7, 11) is 1.67. The highest BCUT2D eigenvalue weighted by atomic mass is 16.5. The van der Waals surface area contributed by atoms with Crippen LogP contribution in [-0.4, -0.2) is 26.9 Å². The third-order valence-electron chi connectivity index (χ3n) is 2.59. The van der Waals surface area contributed by atoms with Gasteiger partial charge >= 0.3 is 0 Å². The summed E-state index contributed by atoms with van der Waals surface area (Å²) in [5.41, 5.74) is 6.80. The van der Waals surface area contributed by atoms with Crippen LogP contribution in [0.5, 0.6) is 5.75 Å². The van der Waals surface area contributed by atoms with E-state index in [2.05, 4.69) is 13.0 Å². The molecule has 0 saturated carbocycles. The first-order chi connectivity index (χ1) is 7.79. The third kappa shape index (κ3) is 3.83. The minimum atomic E-state index is 0.434. The zero-order valence-electron chi connectivity index (χ0n) is 10.1. The SMILES string of the molecule is COCCOc1ccccc1C(C)CCN. The maximum atomic E-state index is 5.68. The molecule has 0 fully saturated rings. The second-order valence-corrected chi connectivity index (χ2v) is 3.86. The molecular formula is C13H21NO2. The highest BCUT2D eigenvalue weighted by molar-refractivity contribution is 5.35. The van der Waals surface area contributed by atoms with E-state index in [1.54, 1.807) is 7.11 Å². The Morgan fingerprint density at radius 3 is 2.69 bits per heavy atom. The molecule has 0 aromatic heterocycles. The van der Waals surface area contributed by atoms with Crippen molar-refractivity contribution in [1.82, 2.24) is 0 Å². The van der Waals surface area contributed by atoms with E-state index >= 15 is 0 Å². The Hall–Kier alpha value is -1.06. The number of ether oxygens (including phenoxy) is 2. The van der Waals surface area contributed by atoms with Crippen molar-refractivity contribution in [2.45, 2.75) is 19.3 Å². The average Bonchev–Trinajstić information content (AvgIpc) is 2.30. The topological polar surface area (TPSA) is 44.5 Å². The minimum absolute atomic E-state index is 0.434. The van der Waals surface area contributed by atoms with Crippen LogP contribution in [0.25, 0.3) is 0 Å². The molecule has 0 aliphatic carbocycles. The number of methoxy groups -OCH3 is 1. The predicted octanol–water partition coefficient (Wildman–Crippen LogP) is 2.16. The molecule has 0 amide bonds. The van der Waals surface area contributed by atoms with E-state index in [1.807, 2.05) is 18.2 Å². The van der Waals surface area contributed by atoms with E-state index in [9.17, 15) is 0 Å².